The summed E-state index contributed by atoms with van der Waals surface area (Å²) in [4.78, 5) is 0. The molecule has 0 aliphatic rings. The van der Waals surface area contributed by atoms with E-state index in [9.17, 15) is 26.3 Å². The van der Waals surface area contributed by atoms with Crippen LogP contribution in [0.5, 0.6) is 0 Å². The predicted octanol–water partition coefficient (Wildman–Crippen LogP) is 6.44. The maximum absolute atomic E-state index is 11.8. The molecule has 0 heterocycles. The molecule has 0 aliphatic carbocycles. The van der Waals surface area contributed by atoms with Gasteiger partial charge in [0.2, 0.25) is 0 Å². The molecule has 2 rings (SSSR count). The van der Waals surface area contributed by atoms with E-state index in [2.05, 4.69) is 0 Å². The molecular formula is C16H16F6. The van der Waals surface area contributed by atoms with Gasteiger partial charge in [-0.3, -0.25) is 0 Å². The smallest absolute Gasteiger partial charge is 0.166 e. The molecule has 0 radical (unpaired) electrons. The molecule has 0 aromatic heterocycles. The normalized spacial score (nSPS) is 10.7. The van der Waals surface area contributed by atoms with Crippen molar-refractivity contribution in [2.45, 2.75) is 26.2 Å². The third-order valence-corrected chi connectivity index (χ3v) is 2.20. The molecule has 2 aromatic carbocycles. The van der Waals surface area contributed by atoms with Gasteiger partial charge in [0.05, 0.1) is 11.1 Å². The van der Waals surface area contributed by atoms with Gasteiger partial charge in [0.15, 0.2) is 0 Å². The quantitative estimate of drug-likeness (QED) is 0.490. The van der Waals surface area contributed by atoms with E-state index in [0.29, 0.717) is 0 Å². The molecule has 122 valence electrons. The van der Waals surface area contributed by atoms with Crippen LogP contribution in [0, 0.1) is 0 Å². The van der Waals surface area contributed by atoms with Gasteiger partial charge in [-0.15, -0.1) is 0 Å². The van der Waals surface area contributed by atoms with Gasteiger partial charge < -0.3 is 0 Å². The summed E-state index contributed by atoms with van der Waals surface area (Å²) in [6.07, 6.45) is -8.41. The molecule has 0 nitrogen and oxygen atoms in total. The predicted molar refractivity (Wildman–Crippen MR) is 74.2 cm³/mol. The summed E-state index contributed by atoms with van der Waals surface area (Å²) in [5.41, 5.74) is -1.20. The fourth-order valence-corrected chi connectivity index (χ4v) is 1.25. The first-order valence-electron chi connectivity index (χ1n) is 6.46. The van der Waals surface area contributed by atoms with Crippen LogP contribution in [0.2, 0.25) is 0 Å². The number of halogens is 6. The van der Waals surface area contributed by atoms with E-state index in [1.54, 1.807) is 12.1 Å². The second-order valence-corrected chi connectivity index (χ2v) is 3.73. The van der Waals surface area contributed by atoms with E-state index in [1.165, 1.54) is 24.3 Å². The first kappa shape index (κ1) is 20.0. The van der Waals surface area contributed by atoms with Crippen molar-refractivity contribution in [3.05, 3.63) is 71.8 Å². The van der Waals surface area contributed by atoms with E-state index in [1.807, 2.05) is 13.8 Å². The van der Waals surface area contributed by atoms with Crippen molar-refractivity contribution < 1.29 is 26.3 Å². The number of rotatable bonds is 0. The van der Waals surface area contributed by atoms with Gasteiger partial charge in [-0.25, -0.2) is 0 Å². The van der Waals surface area contributed by atoms with Crippen LogP contribution in [-0.2, 0) is 12.4 Å². The second kappa shape index (κ2) is 9.12. The van der Waals surface area contributed by atoms with Gasteiger partial charge in [0.25, 0.3) is 0 Å². The largest absolute Gasteiger partial charge is 0.416 e. The molecule has 0 bridgehead atoms. The summed E-state index contributed by atoms with van der Waals surface area (Å²) in [5, 5.41) is 0. The van der Waals surface area contributed by atoms with Gasteiger partial charge in [-0.1, -0.05) is 74.5 Å². The van der Waals surface area contributed by atoms with E-state index in [-0.39, 0.29) is 0 Å². The molecule has 0 atom stereocenters. The maximum atomic E-state index is 11.8. The van der Waals surface area contributed by atoms with E-state index >= 15 is 0 Å². The van der Waals surface area contributed by atoms with Crippen LogP contribution in [0.15, 0.2) is 60.7 Å². The van der Waals surface area contributed by atoms with Crippen LogP contribution in [0.3, 0.4) is 0 Å². The molecule has 0 aliphatic heterocycles. The molecule has 0 unspecified atom stereocenters. The average molecular weight is 322 g/mol. The molecule has 0 N–H and O–H groups in total. The molecule has 0 spiro atoms. The molecule has 2 aromatic rings. The maximum Gasteiger partial charge on any atom is 0.416 e. The van der Waals surface area contributed by atoms with Crippen molar-refractivity contribution in [3.63, 3.8) is 0 Å². The topological polar surface area (TPSA) is 0 Å². The Hall–Kier alpha value is -1.98. The summed E-state index contributed by atoms with van der Waals surface area (Å²) in [7, 11) is 0. The van der Waals surface area contributed by atoms with Crippen LogP contribution in [0.4, 0.5) is 26.3 Å². The van der Waals surface area contributed by atoms with Crippen molar-refractivity contribution in [2.24, 2.45) is 0 Å². The fourth-order valence-electron chi connectivity index (χ4n) is 1.25. The highest BCUT2D eigenvalue weighted by molar-refractivity contribution is 5.18. The van der Waals surface area contributed by atoms with Gasteiger partial charge in [0, 0.05) is 0 Å². The highest BCUT2D eigenvalue weighted by atomic mass is 19.4. The van der Waals surface area contributed by atoms with Crippen molar-refractivity contribution in [3.8, 4) is 0 Å². The number of hydrogen-bond donors (Lipinski definition) is 0. The first-order valence-corrected chi connectivity index (χ1v) is 6.46. The van der Waals surface area contributed by atoms with Crippen molar-refractivity contribution in [1.82, 2.24) is 0 Å². The Labute approximate surface area is 125 Å². The molecule has 0 saturated heterocycles. The monoisotopic (exact) mass is 322 g/mol. The second-order valence-electron chi connectivity index (χ2n) is 3.73. The number of hydrogen-bond acceptors (Lipinski definition) is 0. The molecule has 6 heteroatoms. The molecular weight excluding hydrogens is 306 g/mol. The minimum absolute atomic E-state index is 0.602. The fraction of sp³-hybridized carbons (Fsp3) is 0.250. The standard InChI is InChI=1S/2C7H5F3.C2H6/c2*8-7(9,10)6-4-2-1-3-5-6;1-2/h2*1-5H;1-2H3. The zero-order valence-electron chi connectivity index (χ0n) is 12.0. The van der Waals surface area contributed by atoms with Gasteiger partial charge >= 0.3 is 12.4 Å². The van der Waals surface area contributed by atoms with Crippen LogP contribution < -0.4 is 0 Å². The van der Waals surface area contributed by atoms with E-state index in [0.717, 1.165) is 24.3 Å². The van der Waals surface area contributed by atoms with Crippen LogP contribution in [0.1, 0.15) is 25.0 Å². The third kappa shape index (κ3) is 7.71. The molecule has 0 fully saturated rings. The van der Waals surface area contributed by atoms with Crippen LogP contribution in [-0.4, -0.2) is 0 Å². The molecule has 0 saturated carbocycles. The summed E-state index contributed by atoms with van der Waals surface area (Å²) in [5.74, 6) is 0. The minimum atomic E-state index is -4.21. The number of benzene rings is 2. The lowest BCUT2D eigenvalue weighted by molar-refractivity contribution is -0.138. The summed E-state index contributed by atoms with van der Waals surface area (Å²) < 4.78 is 70.7. The van der Waals surface area contributed by atoms with Gasteiger partial charge in [-0.2, -0.15) is 26.3 Å². The SMILES string of the molecule is CC.FC(F)(F)c1ccccc1.FC(F)(F)c1ccccc1. The van der Waals surface area contributed by atoms with E-state index < -0.39 is 23.5 Å². The summed E-state index contributed by atoms with van der Waals surface area (Å²) >= 11 is 0. The Morgan fingerprint density at radius 1 is 0.500 bits per heavy atom. The van der Waals surface area contributed by atoms with Crippen molar-refractivity contribution in [2.75, 3.05) is 0 Å². The lowest BCUT2D eigenvalue weighted by atomic mass is 10.2. The number of alkyl halides is 6. The van der Waals surface area contributed by atoms with Gasteiger partial charge in [-0.05, 0) is 0 Å². The average Bonchev–Trinajstić information content (AvgIpc) is 2.50. The highest BCUT2D eigenvalue weighted by Gasteiger charge is 2.30. The lowest BCUT2D eigenvalue weighted by Gasteiger charge is -2.03. The van der Waals surface area contributed by atoms with Crippen LogP contribution in [0.25, 0.3) is 0 Å². The van der Waals surface area contributed by atoms with E-state index in [4.69, 9.17) is 0 Å². The lowest BCUT2D eigenvalue weighted by Crippen LogP contribution is -2.03. The third-order valence-electron chi connectivity index (χ3n) is 2.20. The Kier molecular flexibility index (Phi) is 8.30. The van der Waals surface area contributed by atoms with Crippen molar-refractivity contribution >= 4 is 0 Å². The molecule has 0 amide bonds. The summed E-state index contributed by atoms with van der Waals surface area (Å²) in [6, 6.07) is 12.7. The van der Waals surface area contributed by atoms with Crippen LogP contribution >= 0.6 is 0 Å². The summed E-state index contributed by atoms with van der Waals surface area (Å²) in [6.45, 7) is 4.00. The van der Waals surface area contributed by atoms with Crippen molar-refractivity contribution in [1.29, 1.82) is 0 Å². The molecule has 22 heavy (non-hydrogen) atoms. The van der Waals surface area contributed by atoms with Gasteiger partial charge in [0.1, 0.15) is 0 Å². The first-order chi connectivity index (χ1) is 10.2. The Bertz CT molecular complexity index is 450. The Morgan fingerprint density at radius 2 is 0.727 bits per heavy atom. The Balaban J connectivity index is 0.000000360. The zero-order chi connectivity index (χ0) is 17.2. The Morgan fingerprint density at radius 3 is 0.864 bits per heavy atom. The minimum Gasteiger partial charge on any atom is -0.166 e. The highest BCUT2D eigenvalue weighted by Crippen LogP contribution is 2.28. The zero-order valence-corrected chi connectivity index (χ0v) is 12.0.